The summed E-state index contributed by atoms with van der Waals surface area (Å²) < 4.78 is 11.0. The second kappa shape index (κ2) is 6.19. The van der Waals surface area contributed by atoms with Crippen LogP contribution < -0.4 is 0 Å². The van der Waals surface area contributed by atoms with Crippen molar-refractivity contribution in [2.45, 2.75) is 51.4 Å². The quantitative estimate of drug-likeness (QED) is 0.483. The molecule has 2 aromatic carbocycles. The summed E-state index contributed by atoms with van der Waals surface area (Å²) in [5.41, 5.74) is 4.96. The Kier molecular flexibility index (Phi) is 3.75. The number of furan rings is 1. The van der Waals surface area contributed by atoms with E-state index in [2.05, 4.69) is 19.1 Å². The second-order valence-corrected chi connectivity index (χ2v) is 9.69. The van der Waals surface area contributed by atoms with E-state index < -0.39 is 0 Å². The fourth-order valence-electron chi connectivity index (χ4n) is 6.86. The standard InChI is InChI=1S/C26H26O4/c1-26-10-9-16-17(21(26)6-8-24(26)27)5-3-14-12-23-20(13-18(14)16)19-11-15(25(28)29-2)4-7-22(19)30-23/h4,7,11-13,16-17,21H,3,5-6,8-10H2,1-2H3/t16-,17+,21-,26-/m0/s1. The lowest BCUT2D eigenvalue weighted by Crippen LogP contribution is -2.42. The molecule has 154 valence electrons. The summed E-state index contributed by atoms with van der Waals surface area (Å²) in [7, 11) is 1.40. The maximum atomic E-state index is 12.6. The Morgan fingerprint density at radius 3 is 2.73 bits per heavy atom. The monoisotopic (exact) mass is 402 g/mol. The number of hydrogen-bond donors (Lipinski definition) is 0. The van der Waals surface area contributed by atoms with Crippen LogP contribution in [-0.4, -0.2) is 18.9 Å². The molecule has 6 rings (SSSR count). The zero-order valence-electron chi connectivity index (χ0n) is 17.5. The molecule has 0 unspecified atom stereocenters. The molecule has 2 fully saturated rings. The molecule has 4 heteroatoms. The third-order valence-electron chi connectivity index (χ3n) is 8.44. The number of esters is 1. The van der Waals surface area contributed by atoms with E-state index in [0.717, 1.165) is 54.0 Å². The number of Topliss-reactive ketones (excluding diaryl/α,β-unsaturated/α-hetero) is 1. The molecule has 4 atom stereocenters. The van der Waals surface area contributed by atoms with E-state index in [1.807, 2.05) is 12.1 Å². The van der Waals surface area contributed by atoms with E-state index in [4.69, 9.17) is 9.15 Å². The third-order valence-corrected chi connectivity index (χ3v) is 8.44. The summed E-state index contributed by atoms with van der Waals surface area (Å²) in [5.74, 6) is 1.81. The van der Waals surface area contributed by atoms with Crippen molar-refractivity contribution in [2.75, 3.05) is 7.11 Å². The van der Waals surface area contributed by atoms with Crippen LogP contribution in [0, 0.1) is 17.3 Å². The number of hydrogen-bond acceptors (Lipinski definition) is 4. The van der Waals surface area contributed by atoms with E-state index in [0.29, 0.717) is 29.1 Å². The number of rotatable bonds is 1. The van der Waals surface area contributed by atoms with Gasteiger partial charge in [0.2, 0.25) is 0 Å². The van der Waals surface area contributed by atoms with Gasteiger partial charge in [-0.15, -0.1) is 0 Å². The zero-order chi connectivity index (χ0) is 20.6. The Morgan fingerprint density at radius 2 is 1.90 bits per heavy atom. The van der Waals surface area contributed by atoms with Crippen molar-refractivity contribution in [1.29, 1.82) is 0 Å². The van der Waals surface area contributed by atoms with E-state index in [1.54, 1.807) is 6.07 Å². The Hall–Kier alpha value is -2.62. The molecule has 3 aliphatic rings. The summed E-state index contributed by atoms with van der Waals surface area (Å²) in [4.78, 5) is 24.6. The highest BCUT2D eigenvalue weighted by Gasteiger charge is 2.54. The van der Waals surface area contributed by atoms with Crippen molar-refractivity contribution in [2.24, 2.45) is 17.3 Å². The molecule has 30 heavy (non-hydrogen) atoms. The fraction of sp³-hybridized carbons (Fsp3) is 0.462. The highest BCUT2D eigenvalue weighted by molar-refractivity contribution is 6.08. The van der Waals surface area contributed by atoms with Gasteiger partial charge in [0.05, 0.1) is 12.7 Å². The van der Waals surface area contributed by atoms with Crippen LogP contribution >= 0.6 is 0 Å². The predicted molar refractivity (Wildman–Crippen MR) is 115 cm³/mol. The lowest BCUT2D eigenvalue weighted by Gasteiger charge is -2.48. The molecule has 4 nitrogen and oxygen atoms in total. The molecule has 3 aliphatic carbocycles. The van der Waals surface area contributed by atoms with Gasteiger partial charge in [-0.3, -0.25) is 4.79 Å². The number of aryl methyl sites for hydroxylation is 1. The van der Waals surface area contributed by atoms with Crippen LogP contribution in [0.2, 0.25) is 0 Å². The highest BCUT2D eigenvalue weighted by Crippen LogP contribution is 2.59. The topological polar surface area (TPSA) is 56.5 Å². The predicted octanol–water partition coefficient (Wildman–Crippen LogP) is 5.80. The lowest BCUT2D eigenvalue weighted by atomic mass is 9.55. The molecular weight excluding hydrogens is 376 g/mol. The van der Waals surface area contributed by atoms with E-state index in [1.165, 1.54) is 24.7 Å². The molecule has 0 N–H and O–H groups in total. The van der Waals surface area contributed by atoms with Crippen molar-refractivity contribution in [3.05, 3.63) is 47.0 Å². The third kappa shape index (κ3) is 2.33. The van der Waals surface area contributed by atoms with Gasteiger partial charge in [-0.2, -0.15) is 0 Å². The summed E-state index contributed by atoms with van der Waals surface area (Å²) in [5, 5.41) is 2.04. The molecule has 0 bridgehead atoms. The van der Waals surface area contributed by atoms with Gasteiger partial charge in [0.15, 0.2) is 0 Å². The number of ether oxygens (including phenoxy) is 1. The van der Waals surface area contributed by atoms with Gasteiger partial charge >= 0.3 is 5.97 Å². The van der Waals surface area contributed by atoms with Gasteiger partial charge < -0.3 is 9.15 Å². The number of carbonyl (C=O) groups is 2. The van der Waals surface area contributed by atoms with E-state index in [-0.39, 0.29) is 11.4 Å². The second-order valence-electron chi connectivity index (χ2n) is 9.69. The first-order valence-corrected chi connectivity index (χ1v) is 11.1. The normalized spacial score (nSPS) is 30.2. The fourth-order valence-corrected chi connectivity index (χ4v) is 6.86. The molecule has 2 saturated carbocycles. The Balaban J connectivity index is 1.48. The van der Waals surface area contributed by atoms with E-state index >= 15 is 0 Å². The first kappa shape index (κ1) is 18.2. The van der Waals surface area contributed by atoms with Crippen LogP contribution in [0.15, 0.2) is 34.7 Å². The van der Waals surface area contributed by atoms with Crippen LogP contribution in [0.1, 0.15) is 66.4 Å². The first-order valence-electron chi connectivity index (χ1n) is 11.1. The number of carbonyl (C=O) groups excluding carboxylic acids is 2. The molecule has 0 spiro atoms. The van der Waals surface area contributed by atoms with Crippen LogP contribution in [0.5, 0.6) is 0 Å². The number of methoxy groups -OCH3 is 1. The minimum absolute atomic E-state index is 0.0967. The van der Waals surface area contributed by atoms with Gasteiger partial charge in [0, 0.05) is 22.6 Å². The molecule has 3 aromatic rings. The number of benzene rings is 2. The maximum Gasteiger partial charge on any atom is 0.337 e. The molecular formula is C26H26O4. The Bertz CT molecular complexity index is 1220. The molecule has 0 saturated heterocycles. The SMILES string of the molecule is COC(=O)c1ccc2oc3cc4c(cc3c2c1)[C@H]1CC[C@]2(C)C(=O)CC[C@H]2[C@@H]1CC4. The van der Waals surface area contributed by atoms with Crippen molar-refractivity contribution in [3.8, 4) is 0 Å². The minimum Gasteiger partial charge on any atom is -0.465 e. The zero-order valence-corrected chi connectivity index (χ0v) is 17.5. The van der Waals surface area contributed by atoms with Crippen molar-refractivity contribution in [3.63, 3.8) is 0 Å². The van der Waals surface area contributed by atoms with Gasteiger partial charge in [0.25, 0.3) is 0 Å². The summed E-state index contributed by atoms with van der Waals surface area (Å²) in [6.07, 6.45) is 6.14. The smallest absolute Gasteiger partial charge is 0.337 e. The van der Waals surface area contributed by atoms with Gasteiger partial charge in [-0.05, 0) is 91.3 Å². The first-order chi connectivity index (χ1) is 14.5. The number of ketones is 1. The number of fused-ring (bicyclic) bond motifs is 8. The molecule has 0 amide bonds. The van der Waals surface area contributed by atoms with Crippen LogP contribution in [0.3, 0.4) is 0 Å². The van der Waals surface area contributed by atoms with Crippen molar-refractivity contribution in [1.82, 2.24) is 0 Å². The van der Waals surface area contributed by atoms with Gasteiger partial charge in [0.1, 0.15) is 16.9 Å². The average Bonchev–Trinajstić information content (AvgIpc) is 3.27. The van der Waals surface area contributed by atoms with Crippen LogP contribution in [0.25, 0.3) is 21.9 Å². The highest BCUT2D eigenvalue weighted by atomic mass is 16.5. The summed E-state index contributed by atoms with van der Waals surface area (Å²) >= 11 is 0. The minimum atomic E-state index is -0.332. The van der Waals surface area contributed by atoms with Crippen molar-refractivity contribution >= 4 is 33.7 Å². The van der Waals surface area contributed by atoms with Gasteiger partial charge in [-0.1, -0.05) is 6.92 Å². The van der Waals surface area contributed by atoms with Gasteiger partial charge in [-0.25, -0.2) is 4.79 Å². The van der Waals surface area contributed by atoms with Crippen LogP contribution in [0.4, 0.5) is 0 Å². The summed E-state index contributed by atoms with van der Waals surface area (Å²) in [6, 6.07) is 10.0. The summed E-state index contributed by atoms with van der Waals surface area (Å²) in [6.45, 7) is 2.22. The molecule has 0 radical (unpaired) electrons. The van der Waals surface area contributed by atoms with Crippen molar-refractivity contribution < 1.29 is 18.7 Å². The Morgan fingerprint density at radius 1 is 1.07 bits per heavy atom. The van der Waals surface area contributed by atoms with Crippen LogP contribution in [-0.2, 0) is 16.0 Å². The maximum absolute atomic E-state index is 12.6. The lowest BCUT2D eigenvalue weighted by molar-refractivity contribution is -0.129. The van der Waals surface area contributed by atoms with E-state index in [9.17, 15) is 9.59 Å². The largest absolute Gasteiger partial charge is 0.465 e. The molecule has 0 aliphatic heterocycles. The molecule has 1 heterocycles. The average molecular weight is 402 g/mol. The molecule has 1 aromatic heterocycles. The Labute approximate surface area is 175 Å².